The van der Waals surface area contributed by atoms with Crippen molar-refractivity contribution in [3.63, 3.8) is 0 Å². The van der Waals surface area contributed by atoms with Gasteiger partial charge in [0, 0.05) is 6.42 Å². The zero-order valence-electron chi connectivity index (χ0n) is 8.24. The van der Waals surface area contributed by atoms with Gasteiger partial charge in [0.15, 0.2) is 0 Å². The molecule has 7 heteroatoms. The zero-order chi connectivity index (χ0) is 11.9. The number of rotatable bonds is 5. The van der Waals surface area contributed by atoms with Gasteiger partial charge in [0.1, 0.15) is 18.3 Å². The van der Waals surface area contributed by atoms with E-state index < -0.39 is 36.5 Å². The number of aliphatic hydroxyl groups is 6. The fourth-order valence-corrected chi connectivity index (χ4v) is 1.40. The third-order valence-corrected chi connectivity index (χ3v) is 2.63. The maximum Gasteiger partial charge on any atom is 0.253 e. The fourth-order valence-electron chi connectivity index (χ4n) is 1.40. The zero-order valence-corrected chi connectivity index (χ0v) is 8.24. The number of aliphatic hydroxyl groups excluding tert-OH is 4. The van der Waals surface area contributed by atoms with E-state index >= 15 is 0 Å². The molecule has 1 saturated heterocycles. The Hall–Kier alpha value is -0.280. The minimum absolute atomic E-state index is 0.0164. The smallest absolute Gasteiger partial charge is 0.253 e. The molecule has 1 rings (SSSR count). The molecule has 1 aliphatic rings. The monoisotopic (exact) mass is 224 g/mol. The number of hydrogen-bond acceptors (Lipinski definition) is 7. The second-order valence-electron chi connectivity index (χ2n) is 3.62. The third-order valence-electron chi connectivity index (χ3n) is 2.63. The van der Waals surface area contributed by atoms with Crippen LogP contribution in [0.15, 0.2) is 0 Å². The summed E-state index contributed by atoms with van der Waals surface area (Å²) in [6, 6.07) is 0. The molecular weight excluding hydrogens is 208 g/mol. The molecule has 0 aliphatic carbocycles. The SMILES string of the molecule is CCC1(O)O[C@]1(O)[C@H](O)[C@H](O)[C@@H](O)CO. The lowest BCUT2D eigenvalue weighted by Crippen LogP contribution is -2.50. The van der Waals surface area contributed by atoms with Gasteiger partial charge in [0.05, 0.1) is 6.61 Å². The van der Waals surface area contributed by atoms with E-state index in [4.69, 9.17) is 10.2 Å². The van der Waals surface area contributed by atoms with E-state index in [0.717, 1.165) is 0 Å². The second kappa shape index (κ2) is 3.95. The number of ether oxygens (including phenoxy) is 1. The largest absolute Gasteiger partial charge is 0.394 e. The van der Waals surface area contributed by atoms with Crippen LogP contribution in [0.25, 0.3) is 0 Å². The highest BCUT2D eigenvalue weighted by atomic mass is 16.8. The van der Waals surface area contributed by atoms with Crippen molar-refractivity contribution in [2.75, 3.05) is 6.61 Å². The molecule has 0 aromatic rings. The van der Waals surface area contributed by atoms with Gasteiger partial charge in [0.25, 0.3) is 5.79 Å². The molecule has 1 fully saturated rings. The Bertz CT molecular complexity index is 235. The van der Waals surface area contributed by atoms with Crippen molar-refractivity contribution < 1.29 is 35.4 Å². The van der Waals surface area contributed by atoms with E-state index in [0.29, 0.717) is 0 Å². The predicted octanol–water partition coefficient (Wildman–Crippen LogP) is -3.12. The van der Waals surface area contributed by atoms with Crippen LogP contribution in [0.4, 0.5) is 0 Å². The Labute approximate surface area is 86.2 Å². The molecule has 1 heterocycles. The fraction of sp³-hybridized carbons (Fsp3) is 1.00. The number of hydrogen-bond donors (Lipinski definition) is 6. The molecule has 1 aliphatic heterocycles. The summed E-state index contributed by atoms with van der Waals surface area (Å²) >= 11 is 0. The molecule has 0 aromatic heterocycles. The lowest BCUT2D eigenvalue weighted by Gasteiger charge is -2.24. The highest BCUT2D eigenvalue weighted by Crippen LogP contribution is 2.49. The quantitative estimate of drug-likeness (QED) is 0.272. The van der Waals surface area contributed by atoms with Crippen LogP contribution in [0.5, 0.6) is 0 Å². The van der Waals surface area contributed by atoms with E-state index in [1.165, 1.54) is 6.92 Å². The Morgan fingerprint density at radius 3 is 2.07 bits per heavy atom. The summed E-state index contributed by atoms with van der Waals surface area (Å²) in [6.45, 7) is 0.735. The van der Waals surface area contributed by atoms with Crippen LogP contribution in [0, 0.1) is 0 Å². The highest BCUT2D eigenvalue weighted by molar-refractivity contribution is 5.07. The molecule has 0 bridgehead atoms. The first-order valence-electron chi connectivity index (χ1n) is 4.62. The molecular formula is C8H16O7. The van der Waals surface area contributed by atoms with Crippen molar-refractivity contribution in [2.24, 2.45) is 0 Å². The van der Waals surface area contributed by atoms with Gasteiger partial charge in [-0.15, -0.1) is 0 Å². The van der Waals surface area contributed by atoms with Gasteiger partial charge in [-0.2, -0.15) is 0 Å². The second-order valence-corrected chi connectivity index (χ2v) is 3.62. The van der Waals surface area contributed by atoms with Crippen molar-refractivity contribution in [1.82, 2.24) is 0 Å². The average molecular weight is 224 g/mol. The summed E-state index contributed by atoms with van der Waals surface area (Å²) in [5, 5.41) is 55.3. The summed E-state index contributed by atoms with van der Waals surface area (Å²) in [5.41, 5.74) is 0. The van der Waals surface area contributed by atoms with Crippen molar-refractivity contribution in [1.29, 1.82) is 0 Å². The van der Waals surface area contributed by atoms with Crippen molar-refractivity contribution >= 4 is 0 Å². The van der Waals surface area contributed by atoms with E-state index in [-0.39, 0.29) is 6.42 Å². The Morgan fingerprint density at radius 1 is 1.20 bits per heavy atom. The van der Waals surface area contributed by atoms with E-state index in [1.807, 2.05) is 0 Å². The minimum Gasteiger partial charge on any atom is -0.394 e. The van der Waals surface area contributed by atoms with E-state index in [1.54, 1.807) is 0 Å². The molecule has 0 spiro atoms. The van der Waals surface area contributed by atoms with Gasteiger partial charge in [-0.25, -0.2) is 0 Å². The van der Waals surface area contributed by atoms with Crippen LogP contribution in [-0.2, 0) is 4.74 Å². The molecule has 0 saturated carbocycles. The van der Waals surface area contributed by atoms with E-state index in [2.05, 4.69) is 4.74 Å². The lowest BCUT2D eigenvalue weighted by molar-refractivity contribution is -0.159. The molecule has 15 heavy (non-hydrogen) atoms. The Kier molecular flexibility index (Phi) is 3.36. The van der Waals surface area contributed by atoms with Gasteiger partial charge in [-0.1, -0.05) is 6.92 Å². The van der Waals surface area contributed by atoms with Crippen LogP contribution in [0.3, 0.4) is 0 Å². The molecule has 5 atom stereocenters. The van der Waals surface area contributed by atoms with Crippen LogP contribution in [0.1, 0.15) is 13.3 Å². The van der Waals surface area contributed by atoms with Gasteiger partial charge >= 0.3 is 0 Å². The molecule has 0 amide bonds. The van der Waals surface area contributed by atoms with Gasteiger partial charge in [-0.05, 0) is 0 Å². The molecule has 7 nitrogen and oxygen atoms in total. The summed E-state index contributed by atoms with van der Waals surface area (Å²) in [6.07, 6.45) is -5.30. The minimum atomic E-state index is -2.29. The van der Waals surface area contributed by atoms with Crippen molar-refractivity contribution in [3.8, 4) is 0 Å². The molecule has 6 N–H and O–H groups in total. The maximum atomic E-state index is 9.56. The van der Waals surface area contributed by atoms with Crippen LogP contribution in [-0.4, -0.2) is 67.1 Å². The average Bonchev–Trinajstić information content (AvgIpc) is 2.80. The molecule has 90 valence electrons. The normalized spacial score (nSPS) is 41.0. The van der Waals surface area contributed by atoms with Crippen LogP contribution in [0.2, 0.25) is 0 Å². The third kappa shape index (κ3) is 1.87. The first-order valence-corrected chi connectivity index (χ1v) is 4.62. The lowest BCUT2D eigenvalue weighted by atomic mass is 9.98. The van der Waals surface area contributed by atoms with Crippen LogP contribution < -0.4 is 0 Å². The topological polar surface area (TPSA) is 134 Å². The molecule has 0 aromatic carbocycles. The Balaban J connectivity index is 2.66. The number of epoxide rings is 1. The summed E-state index contributed by atoms with van der Waals surface area (Å²) < 4.78 is 4.53. The van der Waals surface area contributed by atoms with Crippen molar-refractivity contribution in [2.45, 2.75) is 43.2 Å². The standard InChI is InChI=1S/C8H16O7/c1-2-7(13)8(14,15-7)6(12)5(11)4(10)3-9/h4-6,9-14H,2-3H2,1H3/t4-,5+,6+,7?,8+/m0/s1. The van der Waals surface area contributed by atoms with Gasteiger partial charge in [-0.3, -0.25) is 0 Å². The summed E-state index contributed by atoms with van der Waals surface area (Å²) in [4.78, 5) is 0. The summed E-state index contributed by atoms with van der Waals surface area (Å²) in [7, 11) is 0. The van der Waals surface area contributed by atoms with E-state index in [9.17, 15) is 20.4 Å². The molecule has 1 unspecified atom stereocenters. The molecule has 0 radical (unpaired) electrons. The van der Waals surface area contributed by atoms with Gasteiger partial charge < -0.3 is 35.4 Å². The summed E-state index contributed by atoms with van der Waals surface area (Å²) in [5.74, 6) is -4.21. The maximum absolute atomic E-state index is 9.56. The highest BCUT2D eigenvalue weighted by Gasteiger charge is 2.74. The van der Waals surface area contributed by atoms with Gasteiger partial charge in [0.2, 0.25) is 5.79 Å². The predicted molar refractivity (Wildman–Crippen MR) is 46.4 cm³/mol. The first kappa shape index (κ1) is 12.8. The van der Waals surface area contributed by atoms with Crippen LogP contribution >= 0.6 is 0 Å². The Morgan fingerprint density at radius 2 is 1.73 bits per heavy atom. The first-order chi connectivity index (χ1) is 6.82. The van der Waals surface area contributed by atoms with Crippen molar-refractivity contribution in [3.05, 3.63) is 0 Å².